The molecule has 0 fully saturated rings. The van der Waals surface area contributed by atoms with E-state index in [1.165, 1.54) is 19.1 Å². The van der Waals surface area contributed by atoms with Gasteiger partial charge in [-0.2, -0.15) is 0 Å². The number of halogens is 1. The highest BCUT2D eigenvalue weighted by Gasteiger charge is 2.20. The molecule has 0 aliphatic carbocycles. The van der Waals surface area contributed by atoms with E-state index in [1.807, 2.05) is 0 Å². The van der Waals surface area contributed by atoms with Crippen LogP contribution in [0, 0.1) is 17.0 Å². The van der Waals surface area contributed by atoms with E-state index in [0.717, 1.165) is 0 Å². The minimum absolute atomic E-state index is 0.108. The van der Waals surface area contributed by atoms with Gasteiger partial charge in [-0.1, -0.05) is 11.6 Å². The Labute approximate surface area is 85.2 Å². The highest BCUT2D eigenvalue weighted by atomic mass is 35.5. The lowest BCUT2D eigenvalue weighted by atomic mass is 9.77. The van der Waals surface area contributed by atoms with E-state index < -0.39 is 12.0 Å². The molecule has 0 unspecified atom stereocenters. The van der Waals surface area contributed by atoms with Gasteiger partial charge in [-0.3, -0.25) is 10.1 Å². The summed E-state index contributed by atoms with van der Waals surface area (Å²) >= 11 is 5.58. The summed E-state index contributed by atoms with van der Waals surface area (Å²) in [6.45, 7) is 1.54. The molecule has 0 radical (unpaired) electrons. The number of benzene rings is 1. The first kappa shape index (κ1) is 11.0. The summed E-state index contributed by atoms with van der Waals surface area (Å²) in [5, 5.41) is 28.1. The van der Waals surface area contributed by atoms with Crippen LogP contribution in [-0.4, -0.2) is 22.1 Å². The molecule has 7 heteroatoms. The molecule has 0 saturated heterocycles. The second-order valence-corrected chi connectivity index (χ2v) is 3.20. The average molecular weight is 215 g/mol. The molecule has 2 N–H and O–H groups in total. The van der Waals surface area contributed by atoms with Crippen molar-refractivity contribution in [3.8, 4) is 0 Å². The largest absolute Gasteiger partial charge is 0.488 e. The van der Waals surface area contributed by atoms with Crippen molar-refractivity contribution in [3.63, 3.8) is 0 Å². The Kier molecular flexibility index (Phi) is 3.10. The lowest BCUT2D eigenvalue weighted by molar-refractivity contribution is -0.384. The zero-order valence-corrected chi connectivity index (χ0v) is 8.02. The van der Waals surface area contributed by atoms with Crippen LogP contribution in [0.1, 0.15) is 5.56 Å². The zero-order chi connectivity index (χ0) is 10.9. The Morgan fingerprint density at radius 1 is 1.50 bits per heavy atom. The van der Waals surface area contributed by atoms with Gasteiger partial charge in [-0.25, -0.2) is 0 Å². The molecule has 0 spiro atoms. The van der Waals surface area contributed by atoms with Gasteiger partial charge in [0.1, 0.15) is 5.02 Å². The van der Waals surface area contributed by atoms with Crippen LogP contribution < -0.4 is 5.46 Å². The second kappa shape index (κ2) is 3.95. The highest BCUT2D eigenvalue weighted by molar-refractivity contribution is 6.59. The molecule has 0 bridgehead atoms. The van der Waals surface area contributed by atoms with E-state index in [-0.39, 0.29) is 16.2 Å². The van der Waals surface area contributed by atoms with Crippen LogP contribution >= 0.6 is 11.6 Å². The Bertz CT molecular complexity index is 382. The van der Waals surface area contributed by atoms with E-state index in [0.29, 0.717) is 5.56 Å². The van der Waals surface area contributed by atoms with Crippen LogP contribution in [0.5, 0.6) is 0 Å². The van der Waals surface area contributed by atoms with E-state index in [2.05, 4.69) is 0 Å². The van der Waals surface area contributed by atoms with E-state index >= 15 is 0 Å². The topological polar surface area (TPSA) is 83.6 Å². The molecule has 5 nitrogen and oxygen atoms in total. The van der Waals surface area contributed by atoms with Crippen molar-refractivity contribution in [2.75, 3.05) is 0 Å². The highest BCUT2D eigenvalue weighted by Crippen LogP contribution is 2.23. The molecule has 74 valence electrons. The zero-order valence-electron chi connectivity index (χ0n) is 7.27. The first-order valence-corrected chi connectivity index (χ1v) is 4.12. The molecule has 1 aromatic carbocycles. The number of hydrogen-bond acceptors (Lipinski definition) is 4. The minimum Gasteiger partial charge on any atom is -0.423 e. The summed E-state index contributed by atoms with van der Waals surface area (Å²) in [6.07, 6.45) is 0. The molecule has 0 aliphatic rings. The van der Waals surface area contributed by atoms with Gasteiger partial charge in [0.2, 0.25) is 0 Å². The van der Waals surface area contributed by atoms with Gasteiger partial charge in [-0.05, 0) is 24.0 Å². The van der Waals surface area contributed by atoms with Crippen LogP contribution in [0.3, 0.4) is 0 Å². The lowest BCUT2D eigenvalue weighted by Crippen LogP contribution is -2.32. The Morgan fingerprint density at radius 3 is 2.50 bits per heavy atom. The third kappa shape index (κ3) is 2.04. The van der Waals surface area contributed by atoms with Gasteiger partial charge >= 0.3 is 7.12 Å². The third-order valence-corrected chi connectivity index (χ3v) is 2.11. The van der Waals surface area contributed by atoms with Crippen molar-refractivity contribution in [2.45, 2.75) is 6.92 Å². The molecule has 0 aromatic heterocycles. The second-order valence-electron chi connectivity index (χ2n) is 2.79. The van der Waals surface area contributed by atoms with Crippen LogP contribution in [-0.2, 0) is 0 Å². The molecule has 0 atom stereocenters. The van der Waals surface area contributed by atoms with Gasteiger partial charge < -0.3 is 10.0 Å². The van der Waals surface area contributed by atoms with Gasteiger partial charge in [0.05, 0.1) is 4.92 Å². The number of rotatable bonds is 2. The first-order chi connectivity index (χ1) is 6.43. The summed E-state index contributed by atoms with van der Waals surface area (Å²) in [5.41, 5.74) is 0.338. The summed E-state index contributed by atoms with van der Waals surface area (Å²) < 4.78 is 0. The van der Waals surface area contributed by atoms with Crippen LogP contribution in [0.4, 0.5) is 5.69 Å². The predicted octanol–water partition coefficient (Wildman–Crippen LogP) is 0.236. The van der Waals surface area contributed by atoms with Crippen LogP contribution in [0.25, 0.3) is 0 Å². The van der Waals surface area contributed by atoms with Gasteiger partial charge in [-0.15, -0.1) is 0 Å². The maximum atomic E-state index is 10.5. The normalized spacial score (nSPS) is 10.0. The molecule has 1 aromatic rings. The Morgan fingerprint density at radius 2 is 2.07 bits per heavy atom. The SMILES string of the molecule is Cc1cc([N+](=O)[O-])c(Cl)cc1B(O)O. The summed E-state index contributed by atoms with van der Waals surface area (Å²) in [7, 11) is -1.67. The molecule has 0 heterocycles. The number of nitro groups is 1. The average Bonchev–Trinajstić information content (AvgIpc) is 2.07. The van der Waals surface area contributed by atoms with Crippen molar-refractivity contribution in [2.24, 2.45) is 0 Å². The smallest absolute Gasteiger partial charge is 0.423 e. The molecule has 0 amide bonds. The van der Waals surface area contributed by atoms with Crippen molar-refractivity contribution < 1.29 is 15.0 Å². The number of nitro benzene ring substituents is 1. The first-order valence-electron chi connectivity index (χ1n) is 3.74. The van der Waals surface area contributed by atoms with Crippen molar-refractivity contribution in [1.29, 1.82) is 0 Å². The summed E-state index contributed by atoms with van der Waals surface area (Å²) in [5.74, 6) is 0. The van der Waals surface area contributed by atoms with E-state index in [9.17, 15) is 10.1 Å². The quantitative estimate of drug-likeness (QED) is 0.420. The lowest BCUT2D eigenvalue weighted by Gasteiger charge is -2.05. The van der Waals surface area contributed by atoms with Gasteiger partial charge in [0, 0.05) is 6.07 Å². The van der Waals surface area contributed by atoms with Crippen molar-refractivity contribution in [1.82, 2.24) is 0 Å². The van der Waals surface area contributed by atoms with Crippen LogP contribution in [0.15, 0.2) is 12.1 Å². The van der Waals surface area contributed by atoms with E-state index in [4.69, 9.17) is 21.6 Å². The summed E-state index contributed by atoms with van der Waals surface area (Å²) in [6, 6.07) is 2.39. The van der Waals surface area contributed by atoms with Crippen LogP contribution in [0.2, 0.25) is 5.02 Å². The molecule has 0 aliphatic heterocycles. The fraction of sp³-hybridized carbons (Fsp3) is 0.143. The van der Waals surface area contributed by atoms with E-state index in [1.54, 1.807) is 0 Å². The van der Waals surface area contributed by atoms with Crippen molar-refractivity contribution in [3.05, 3.63) is 32.8 Å². The molecule has 1 rings (SSSR count). The molecular formula is C7H7BClNO4. The number of hydrogen-bond donors (Lipinski definition) is 2. The predicted molar refractivity (Wildman–Crippen MR) is 52.7 cm³/mol. The molecule has 14 heavy (non-hydrogen) atoms. The van der Waals surface area contributed by atoms with Gasteiger partial charge in [0.15, 0.2) is 0 Å². The monoisotopic (exact) mass is 215 g/mol. The minimum atomic E-state index is -1.67. The molecule has 0 saturated carbocycles. The maximum absolute atomic E-state index is 10.5. The number of aryl methyl sites for hydroxylation is 1. The Hall–Kier alpha value is -1.11. The fourth-order valence-electron chi connectivity index (χ4n) is 1.10. The number of nitrogens with zero attached hydrogens (tertiary/aromatic N) is 1. The third-order valence-electron chi connectivity index (χ3n) is 1.81. The molecular weight excluding hydrogens is 208 g/mol. The van der Waals surface area contributed by atoms with Gasteiger partial charge in [0.25, 0.3) is 5.69 Å². The Balaban J connectivity index is 3.31. The standard InChI is InChI=1S/C7H7BClNO4/c1-4-2-7(10(13)14)6(9)3-5(4)8(11)12/h2-3,11-12H,1H3. The maximum Gasteiger partial charge on any atom is 0.488 e. The summed E-state index contributed by atoms with van der Waals surface area (Å²) in [4.78, 5) is 9.83. The van der Waals surface area contributed by atoms with Crippen molar-refractivity contribution >= 4 is 29.9 Å². The fourth-order valence-corrected chi connectivity index (χ4v) is 1.34.